The van der Waals surface area contributed by atoms with Gasteiger partial charge in [0.1, 0.15) is 24.5 Å². The predicted octanol–water partition coefficient (Wildman–Crippen LogP) is 4.52. The van der Waals surface area contributed by atoms with Gasteiger partial charge >= 0.3 is 0 Å². The quantitative estimate of drug-likeness (QED) is 0.470. The van der Waals surface area contributed by atoms with E-state index in [-0.39, 0.29) is 0 Å². The summed E-state index contributed by atoms with van der Waals surface area (Å²) in [4.78, 5) is 20.0. The van der Waals surface area contributed by atoms with Gasteiger partial charge < -0.3 is 15.4 Å². The summed E-state index contributed by atoms with van der Waals surface area (Å²) in [6.45, 7) is 0.517. The van der Waals surface area contributed by atoms with Gasteiger partial charge in [-0.3, -0.25) is 4.79 Å². The van der Waals surface area contributed by atoms with E-state index in [0.717, 1.165) is 22.4 Å². The number of nitrogens with zero attached hydrogens (tertiary/aromatic N) is 2. The van der Waals surface area contributed by atoms with Gasteiger partial charge in [-0.1, -0.05) is 30.3 Å². The molecule has 1 heterocycles. The van der Waals surface area contributed by atoms with Crippen molar-refractivity contribution in [3.63, 3.8) is 0 Å². The molecule has 0 saturated heterocycles. The molecular formula is C24H18N4O2. The molecule has 3 aromatic carbocycles. The minimum Gasteiger partial charge on any atom is -0.489 e. The summed E-state index contributed by atoms with van der Waals surface area (Å²) in [5.74, 6) is 2.96. The highest BCUT2D eigenvalue weighted by Gasteiger charge is 2.07. The molecule has 30 heavy (non-hydrogen) atoms. The Hall–Kier alpha value is -4.37. The molecule has 0 radical (unpaired) electrons. The maximum atomic E-state index is 11.4. The molecule has 146 valence electrons. The van der Waals surface area contributed by atoms with Crippen LogP contribution >= 0.6 is 0 Å². The van der Waals surface area contributed by atoms with E-state index < -0.39 is 5.91 Å². The molecule has 0 spiro atoms. The smallest absolute Gasteiger partial charge is 0.300 e. The number of fused-ring (bicyclic) bond motifs is 1. The molecule has 0 aliphatic heterocycles. The minimum atomic E-state index is -0.503. The van der Waals surface area contributed by atoms with Crippen molar-refractivity contribution in [3.8, 4) is 18.1 Å². The molecule has 0 unspecified atom stereocenters. The maximum absolute atomic E-state index is 11.4. The Morgan fingerprint density at radius 3 is 2.50 bits per heavy atom. The summed E-state index contributed by atoms with van der Waals surface area (Å²) < 4.78 is 5.82. The van der Waals surface area contributed by atoms with E-state index in [4.69, 9.17) is 11.2 Å². The molecule has 6 heteroatoms. The second-order valence-corrected chi connectivity index (χ2v) is 6.48. The van der Waals surface area contributed by atoms with E-state index in [1.165, 1.54) is 6.33 Å². The Morgan fingerprint density at radius 2 is 1.73 bits per heavy atom. The normalized spacial score (nSPS) is 10.2. The van der Waals surface area contributed by atoms with Crippen LogP contribution in [0.15, 0.2) is 79.1 Å². The van der Waals surface area contributed by atoms with Crippen molar-refractivity contribution in [3.05, 3.63) is 84.7 Å². The fraction of sp³-hybridized carbons (Fsp3) is 0.0417. The highest BCUT2D eigenvalue weighted by Crippen LogP contribution is 2.26. The number of ether oxygens (including phenoxy) is 1. The van der Waals surface area contributed by atoms with Crippen molar-refractivity contribution in [2.24, 2.45) is 0 Å². The molecule has 0 atom stereocenters. The fourth-order valence-corrected chi connectivity index (χ4v) is 2.91. The third kappa shape index (κ3) is 4.54. The Morgan fingerprint density at radius 1 is 0.967 bits per heavy atom. The topological polar surface area (TPSA) is 76.1 Å². The van der Waals surface area contributed by atoms with Crippen LogP contribution < -0.4 is 15.4 Å². The largest absolute Gasteiger partial charge is 0.489 e. The summed E-state index contributed by atoms with van der Waals surface area (Å²) in [6, 6.07) is 23.0. The number of hydrogen-bond acceptors (Lipinski definition) is 5. The van der Waals surface area contributed by atoms with Crippen LogP contribution in [-0.2, 0) is 11.4 Å². The number of carbonyl (C=O) groups excluding carboxylic acids is 1. The zero-order valence-electron chi connectivity index (χ0n) is 16.0. The minimum absolute atomic E-state index is 0.503. The van der Waals surface area contributed by atoms with Gasteiger partial charge in [-0.05, 0) is 53.9 Å². The Balaban J connectivity index is 1.47. The van der Waals surface area contributed by atoms with Crippen LogP contribution in [0.2, 0.25) is 0 Å². The van der Waals surface area contributed by atoms with Gasteiger partial charge in [0.15, 0.2) is 0 Å². The van der Waals surface area contributed by atoms with Crippen molar-refractivity contribution >= 4 is 34.0 Å². The van der Waals surface area contributed by atoms with Crippen molar-refractivity contribution < 1.29 is 9.53 Å². The van der Waals surface area contributed by atoms with Gasteiger partial charge in [-0.2, -0.15) is 0 Å². The van der Waals surface area contributed by atoms with Crippen molar-refractivity contribution in [1.82, 2.24) is 9.97 Å². The van der Waals surface area contributed by atoms with E-state index in [0.29, 0.717) is 23.6 Å². The molecule has 0 aliphatic carbocycles. The number of benzene rings is 3. The summed E-state index contributed by atoms with van der Waals surface area (Å²) in [7, 11) is 0. The van der Waals surface area contributed by atoms with Gasteiger partial charge in [0.25, 0.3) is 5.91 Å². The first-order chi connectivity index (χ1) is 14.7. The number of carbonyl (C=O) groups is 1. The first-order valence-corrected chi connectivity index (χ1v) is 9.27. The average Bonchev–Trinajstić information content (AvgIpc) is 2.79. The fourth-order valence-electron chi connectivity index (χ4n) is 2.91. The Kier molecular flexibility index (Phi) is 5.54. The monoisotopic (exact) mass is 394 g/mol. The van der Waals surface area contributed by atoms with E-state index >= 15 is 0 Å². The molecular weight excluding hydrogens is 376 g/mol. The summed E-state index contributed by atoms with van der Waals surface area (Å²) >= 11 is 0. The molecule has 0 aliphatic rings. The number of hydrogen-bond donors (Lipinski definition) is 2. The number of amides is 1. The lowest BCUT2D eigenvalue weighted by Gasteiger charge is -2.11. The highest BCUT2D eigenvalue weighted by atomic mass is 16.5. The highest BCUT2D eigenvalue weighted by molar-refractivity contribution is 6.04. The van der Waals surface area contributed by atoms with Crippen molar-refractivity contribution in [2.45, 2.75) is 6.61 Å². The maximum Gasteiger partial charge on any atom is 0.300 e. The van der Waals surface area contributed by atoms with Crippen LogP contribution in [0.1, 0.15) is 5.56 Å². The van der Waals surface area contributed by atoms with Crippen molar-refractivity contribution in [2.75, 3.05) is 10.6 Å². The standard InChI is InChI=1S/C24H18N4O2/c1-2-23(29)27-19-10-13-21-22(14-19)25-16-26-24(21)28-18-8-11-20(12-9-18)30-15-17-6-4-3-5-7-17/h1,3-14,16H,15H2,(H,27,29)(H,25,26,28). The lowest BCUT2D eigenvalue weighted by atomic mass is 10.2. The summed E-state index contributed by atoms with van der Waals surface area (Å²) in [5.41, 5.74) is 3.25. The molecule has 1 amide bonds. The van der Waals surface area contributed by atoms with E-state index in [2.05, 4.69) is 20.6 Å². The summed E-state index contributed by atoms with van der Waals surface area (Å²) in [5, 5.41) is 6.73. The lowest BCUT2D eigenvalue weighted by molar-refractivity contribution is -0.111. The number of anilines is 3. The van der Waals surface area contributed by atoms with Crippen molar-refractivity contribution in [1.29, 1.82) is 0 Å². The molecule has 0 bridgehead atoms. The van der Waals surface area contributed by atoms with Gasteiger partial charge in [0.2, 0.25) is 0 Å². The molecule has 0 fully saturated rings. The average molecular weight is 394 g/mol. The number of terminal acetylenes is 1. The van der Waals surface area contributed by atoms with Crippen LogP contribution in [0, 0.1) is 12.3 Å². The zero-order chi connectivity index (χ0) is 20.8. The third-order valence-electron chi connectivity index (χ3n) is 4.39. The number of aromatic nitrogens is 2. The third-order valence-corrected chi connectivity index (χ3v) is 4.39. The predicted molar refractivity (Wildman–Crippen MR) is 117 cm³/mol. The van der Waals surface area contributed by atoms with E-state index in [9.17, 15) is 4.79 Å². The molecule has 0 saturated carbocycles. The second kappa shape index (κ2) is 8.76. The molecule has 2 N–H and O–H groups in total. The van der Waals surface area contributed by atoms with Crippen LogP contribution in [0.4, 0.5) is 17.2 Å². The first-order valence-electron chi connectivity index (χ1n) is 9.27. The second-order valence-electron chi connectivity index (χ2n) is 6.48. The van der Waals surface area contributed by atoms with Crippen LogP contribution in [0.5, 0.6) is 5.75 Å². The van der Waals surface area contributed by atoms with Crippen LogP contribution in [0.25, 0.3) is 10.9 Å². The van der Waals surface area contributed by atoms with Gasteiger partial charge in [0.05, 0.1) is 5.52 Å². The van der Waals surface area contributed by atoms with Gasteiger partial charge in [-0.15, -0.1) is 6.42 Å². The van der Waals surface area contributed by atoms with Crippen LogP contribution in [0.3, 0.4) is 0 Å². The molecule has 4 rings (SSSR count). The molecule has 6 nitrogen and oxygen atoms in total. The number of nitrogens with one attached hydrogen (secondary N) is 2. The Bertz CT molecular complexity index is 1220. The molecule has 1 aromatic heterocycles. The van der Waals surface area contributed by atoms with E-state index in [1.807, 2.05) is 66.6 Å². The van der Waals surface area contributed by atoms with E-state index in [1.54, 1.807) is 12.1 Å². The first kappa shape index (κ1) is 19.0. The Labute approximate surface area is 174 Å². The summed E-state index contributed by atoms with van der Waals surface area (Å²) in [6.07, 6.45) is 6.56. The molecule has 4 aromatic rings. The lowest BCUT2D eigenvalue weighted by Crippen LogP contribution is -2.08. The van der Waals surface area contributed by atoms with Crippen LogP contribution in [-0.4, -0.2) is 15.9 Å². The van der Waals surface area contributed by atoms with Gasteiger partial charge in [-0.25, -0.2) is 9.97 Å². The number of rotatable bonds is 6. The SMILES string of the molecule is C#CC(=O)Nc1ccc2c(Nc3ccc(OCc4ccccc4)cc3)ncnc2c1. The van der Waals surface area contributed by atoms with Gasteiger partial charge in [0, 0.05) is 16.8 Å². The zero-order valence-corrected chi connectivity index (χ0v) is 16.0.